The van der Waals surface area contributed by atoms with Crippen molar-refractivity contribution in [3.63, 3.8) is 0 Å². The summed E-state index contributed by atoms with van der Waals surface area (Å²) in [5.74, 6) is 2.81. The molecule has 0 saturated heterocycles. The minimum Gasteiger partial charge on any atom is -0.370 e. The Hall–Kier alpha value is -1.59. The summed E-state index contributed by atoms with van der Waals surface area (Å²) in [5, 5.41) is 10.3. The lowest BCUT2D eigenvalue weighted by Gasteiger charge is -2.25. The number of nitrogens with zero attached hydrogens (tertiary/aromatic N) is 3. The first-order valence-corrected chi connectivity index (χ1v) is 6.90. The van der Waals surface area contributed by atoms with Crippen LogP contribution < -0.4 is 11.1 Å². The summed E-state index contributed by atoms with van der Waals surface area (Å²) in [7, 11) is 0. The van der Waals surface area contributed by atoms with Crippen LogP contribution in [0.1, 0.15) is 51.7 Å². The molecule has 106 valence electrons. The molecule has 1 fully saturated rings. The minimum absolute atomic E-state index is 0.0491. The predicted octanol–water partition coefficient (Wildman–Crippen LogP) is 1.31. The van der Waals surface area contributed by atoms with E-state index in [4.69, 9.17) is 5.73 Å². The molecule has 0 atom stereocenters. The van der Waals surface area contributed by atoms with E-state index in [9.17, 15) is 0 Å². The van der Waals surface area contributed by atoms with Crippen molar-refractivity contribution in [2.75, 3.05) is 6.54 Å². The molecule has 0 bridgehead atoms. The van der Waals surface area contributed by atoms with Crippen LogP contribution in [0.4, 0.5) is 0 Å². The van der Waals surface area contributed by atoms with Crippen LogP contribution in [0, 0.1) is 5.92 Å². The maximum atomic E-state index is 5.82. The van der Waals surface area contributed by atoms with E-state index in [-0.39, 0.29) is 5.41 Å². The number of aromatic nitrogens is 3. The van der Waals surface area contributed by atoms with E-state index in [1.807, 2.05) is 0 Å². The van der Waals surface area contributed by atoms with Crippen LogP contribution >= 0.6 is 0 Å². The van der Waals surface area contributed by atoms with Gasteiger partial charge in [-0.05, 0) is 18.8 Å². The van der Waals surface area contributed by atoms with Gasteiger partial charge >= 0.3 is 0 Å². The number of nitrogens with two attached hydrogens (primary N) is 1. The van der Waals surface area contributed by atoms with Crippen molar-refractivity contribution in [1.82, 2.24) is 20.5 Å². The SMILES string of the molecule is CC(C)(C)c1n[nH]c(CN=C(N)NCC2CCC2)n1. The Labute approximate surface area is 114 Å². The van der Waals surface area contributed by atoms with Gasteiger partial charge in [0.25, 0.3) is 0 Å². The molecule has 0 spiro atoms. The zero-order chi connectivity index (χ0) is 13.9. The molecular formula is C13H24N6. The lowest BCUT2D eigenvalue weighted by Crippen LogP contribution is -2.37. The molecule has 1 aliphatic carbocycles. The van der Waals surface area contributed by atoms with Gasteiger partial charge in [-0.15, -0.1) is 0 Å². The third-order valence-electron chi connectivity index (χ3n) is 3.40. The first kappa shape index (κ1) is 13.8. The Morgan fingerprint density at radius 2 is 2.21 bits per heavy atom. The van der Waals surface area contributed by atoms with Gasteiger partial charge in [-0.1, -0.05) is 27.2 Å². The topological polar surface area (TPSA) is 92.0 Å². The fraction of sp³-hybridized carbons (Fsp3) is 0.769. The number of rotatable bonds is 4. The largest absolute Gasteiger partial charge is 0.370 e. The standard InChI is InChI=1S/C13H24N6/c1-13(2,3)11-17-10(18-19-11)8-16-12(14)15-7-9-5-4-6-9/h9H,4-8H2,1-3H3,(H3,14,15,16)(H,17,18,19). The zero-order valence-corrected chi connectivity index (χ0v) is 12.0. The summed E-state index contributed by atoms with van der Waals surface area (Å²) in [6, 6.07) is 0. The molecule has 1 saturated carbocycles. The van der Waals surface area contributed by atoms with Crippen LogP contribution in [0.3, 0.4) is 0 Å². The van der Waals surface area contributed by atoms with Crippen LogP contribution in [0.5, 0.6) is 0 Å². The quantitative estimate of drug-likeness (QED) is 0.564. The molecule has 0 amide bonds. The highest BCUT2D eigenvalue weighted by molar-refractivity contribution is 5.77. The number of aliphatic imine (C=N–C) groups is 1. The van der Waals surface area contributed by atoms with Gasteiger partial charge in [0.1, 0.15) is 12.4 Å². The summed E-state index contributed by atoms with van der Waals surface area (Å²) in [6.07, 6.45) is 3.95. The summed E-state index contributed by atoms with van der Waals surface area (Å²) >= 11 is 0. The van der Waals surface area contributed by atoms with E-state index in [1.54, 1.807) is 0 Å². The molecule has 1 aliphatic rings. The molecule has 19 heavy (non-hydrogen) atoms. The van der Waals surface area contributed by atoms with Crippen LogP contribution in [-0.2, 0) is 12.0 Å². The van der Waals surface area contributed by atoms with E-state index in [2.05, 4.69) is 46.3 Å². The molecule has 2 rings (SSSR count). The Morgan fingerprint density at radius 1 is 1.47 bits per heavy atom. The minimum atomic E-state index is -0.0491. The van der Waals surface area contributed by atoms with Gasteiger partial charge in [-0.3, -0.25) is 5.10 Å². The Bertz CT molecular complexity index is 438. The molecule has 1 heterocycles. The highest BCUT2D eigenvalue weighted by atomic mass is 15.2. The third kappa shape index (κ3) is 3.94. The van der Waals surface area contributed by atoms with Crippen molar-refractivity contribution in [3.05, 3.63) is 11.6 Å². The Balaban J connectivity index is 1.81. The molecule has 6 nitrogen and oxygen atoms in total. The molecule has 6 heteroatoms. The smallest absolute Gasteiger partial charge is 0.189 e. The van der Waals surface area contributed by atoms with Crippen LogP contribution in [-0.4, -0.2) is 27.7 Å². The molecule has 0 unspecified atom stereocenters. The second-order valence-electron chi connectivity index (χ2n) is 6.24. The third-order valence-corrected chi connectivity index (χ3v) is 3.40. The van der Waals surface area contributed by atoms with Gasteiger partial charge in [-0.2, -0.15) is 5.10 Å². The first-order chi connectivity index (χ1) is 8.95. The number of hydrogen-bond donors (Lipinski definition) is 3. The van der Waals surface area contributed by atoms with Gasteiger partial charge in [0.05, 0.1) is 0 Å². The van der Waals surface area contributed by atoms with Gasteiger partial charge in [0, 0.05) is 12.0 Å². The van der Waals surface area contributed by atoms with Crippen molar-refractivity contribution < 1.29 is 0 Å². The van der Waals surface area contributed by atoms with Crippen LogP contribution in [0.25, 0.3) is 0 Å². The highest BCUT2D eigenvalue weighted by Gasteiger charge is 2.19. The zero-order valence-electron chi connectivity index (χ0n) is 12.0. The molecule has 1 aromatic rings. The second kappa shape index (κ2) is 5.59. The summed E-state index contributed by atoms with van der Waals surface area (Å²) in [4.78, 5) is 8.69. The monoisotopic (exact) mass is 264 g/mol. The van der Waals surface area contributed by atoms with Crippen molar-refractivity contribution in [2.45, 2.75) is 52.0 Å². The highest BCUT2D eigenvalue weighted by Crippen LogP contribution is 2.25. The molecule has 0 aliphatic heterocycles. The van der Waals surface area contributed by atoms with Crippen molar-refractivity contribution in [2.24, 2.45) is 16.6 Å². The number of H-pyrrole nitrogens is 1. The van der Waals surface area contributed by atoms with Gasteiger partial charge in [0.15, 0.2) is 11.8 Å². The van der Waals surface area contributed by atoms with Crippen LogP contribution in [0.2, 0.25) is 0 Å². The first-order valence-electron chi connectivity index (χ1n) is 6.90. The van der Waals surface area contributed by atoms with Crippen molar-refractivity contribution in [1.29, 1.82) is 0 Å². The van der Waals surface area contributed by atoms with Crippen molar-refractivity contribution in [3.8, 4) is 0 Å². The van der Waals surface area contributed by atoms with Gasteiger partial charge < -0.3 is 11.1 Å². The fourth-order valence-electron chi connectivity index (χ4n) is 1.86. The summed E-state index contributed by atoms with van der Waals surface area (Å²) in [6.45, 7) is 7.61. The summed E-state index contributed by atoms with van der Waals surface area (Å²) < 4.78 is 0. The van der Waals surface area contributed by atoms with E-state index in [0.29, 0.717) is 12.5 Å². The van der Waals surface area contributed by atoms with E-state index in [1.165, 1.54) is 19.3 Å². The normalized spacial score (nSPS) is 17.3. The number of guanidine groups is 1. The van der Waals surface area contributed by atoms with Gasteiger partial charge in [0.2, 0.25) is 0 Å². The average Bonchev–Trinajstić information content (AvgIpc) is 2.72. The number of nitrogens with one attached hydrogen (secondary N) is 2. The van der Waals surface area contributed by atoms with E-state index < -0.39 is 0 Å². The molecule has 4 N–H and O–H groups in total. The fourth-order valence-corrected chi connectivity index (χ4v) is 1.86. The molecule has 0 aromatic carbocycles. The van der Waals surface area contributed by atoms with E-state index >= 15 is 0 Å². The maximum Gasteiger partial charge on any atom is 0.189 e. The van der Waals surface area contributed by atoms with Gasteiger partial charge in [-0.25, -0.2) is 9.98 Å². The second-order valence-corrected chi connectivity index (χ2v) is 6.24. The Kier molecular flexibility index (Phi) is 4.07. The van der Waals surface area contributed by atoms with Crippen molar-refractivity contribution >= 4 is 5.96 Å². The maximum absolute atomic E-state index is 5.82. The predicted molar refractivity (Wildman–Crippen MR) is 75.8 cm³/mol. The summed E-state index contributed by atoms with van der Waals surface area (Å²) in [5.41, 5.74) is 5.77. The lowest BCUT2D eigenvalue weighted by atomic mass is 9.85. The average molecular weight is 264 g/mol. The number of aromatic amines is 1. The molecule has 1 aromatic heterocycles. The molecule has 0 radical (unpaired) electrons. The molecular weight excluding hydrogens is 240 g/mol. The van der Waals surface area contributed by atoms with E-state index in [0.717, 1.165) is 24.1 Å². The Morgan fingerprint density at radius 3 is 2.74 bits per heavy atom. The van der Waals surface area contributed by atoms with Crippen LogP contribution in [0.15, 0.2) is 4.99 Å². The number of hydrogen-bond acceptors (Lipinski definition) is 3. The lowest BCUT2D eigenvalue weighted by molar-refractivity contribution is 0.315.